The zero-order chi connectivity index (χ0) is 20.5. The number of carbonyl (C=O) groups excluding carboxylic acids is 1. The molecule has 0 saturated heterocycles. The van der Waals surface area contributed by atoms with Crippen LogP contribution in [0.1, 0.15) is 13.8 Å². The van der Waals surface area contributed by atoms with E-state index in [1.54, 1.807) is 11.9 Å². The maximum atomic E-state index is 11.3. The molecule has 1 N–H and O–H groups in total. The largest absolute Gasteiger partial charge is 0.491 e. The first-order valence-corrected chi connectivity index (χ1v) is 10.7. The lowest BCUT2D eigenvalue weighted by atomic mass is 10.1. The molecule has 0 aromatic heterocycles. The fourth-order valence-electron chi connectivity index (χ4n) is 1.95. The van der Waals surface area contributed by atoms with Crippen molar-refractivity contribution >= 4 is 23.4 Å². The van der Waals surface area contributed by atoms with Crippen LogP contribution < -0.4 is 9.46 Å². The predicted octanol–water partition coefficient (Wildman–Crippen LogP) is 3.05. The average molecular weight is 416 g/mol. The van der Waals surface area contributed by atoms with Crippen molar-refractivity contribution < 1.29 is 28.5 Å². The number of ketones is 1. The van der Waals surface area contributed by atoms with Gasteiger partial charge in [0.1, 0.15) is 19.0 Å². The van der Waals surface area contributed by atoms with E-state index >= 15 is 0 Å². The summed E-state index contributed by atoms with van der Waals surface area (Å²) in [6.07, 6.45) is 1.98. The van der Waals surface area contributed by atoms with E-state index in [0.717, 1.165) is 11.4 Å². The predicted molar refractivity (Wildman–Crippen MR) is 112 cm³/mol. The summed E-state index contributed by atoms with van der Waals surface area (Å²) in [5.41, 5.74) is 1.05. The number of Topliss-reactive ketones (excluding diaryl/α,β-unsaturated/α-hetero) is 1. The molecule has 0 aliphatic heterocycles. The minimum atomic E-state index is 0.0111. The first kappa shape index (κ1) is 24.7. The summed E-state index contributed by atoms with van der Waals surface area (Å²) in [7, 11) is 0. The molecule has 28 heavy (non-hydrogen) atoms. The lowest BCUT2D eigenvalue weighted by Crippen LogP contribution is -2.17. The molecular formula is C20H33NO6S. The van der Waals surface area contributed by atoms with Gasteiger partial charge in [-0.2, -0.15) is 0 Å². The van der Waals surface area contributed by atoms with Crippen LogP contribution in [0.25, 0.3) is 0 Å². The summed E-state index contributed by atoms with van der Waals surface area (Å²) in [6, 6.07) is 7.80. The third-order valence-corrected chi connectivity index (χ3v) is 4.01. The van der Waals surface area contributed by atoms with Gasteiger partial charge in [0.15, 0.2) is 5.78 Å². The van der Waals surface area contributed by atoms with Crippen LogP contribution in [0.5, 0.6) is 5.75 Å². The number of hydrogen-bond donors (Lipinski definition) is 1. The highest BCUT2D eigenvalue weighted by atomic mass is 32.2. The summed E-state index contributed by atoms with van der Waals surface area (Å²) in [4.78, 5) is 11.3. The molecule has 1 rings (SSSR count). The minimum Gasteiger partial charge on any atom is -0.491 e. The van der Waals surface area contributed by atoms with Gasteiger partial charge in [-0.1, -0.05) is 25.8 Å². The van der Waals surface area contributed by atoms with Crippen LogP contribution in [0, 0.1) is 5.92 Å². The fraction of sp³-hybridized carbons (Fsp3) is 0.650. The van der Waals surface area contributed by atoms with Gasteiger partial charge in [0.25, 0.3) is 0 Å². The van der Waals surface area contributed by atoms with Gasteiger partial charge in [-0.3, -0.25) is 4.79 Å². The molecule has 0 bridgehead atoms. The van der Waals surface area contributed by atoms with Crippen LogP contribution in [0.2, 0.25) is 0 Å². The van der Waals surface area contributed by atoms with Crippen molar-refractivity contribution in [3.63, 3.8) is 0 Å². The van der Waals surface area contributed by atoms with Crippen LogP contribution >= 0.6 is 11.9 Å². The summed E-state index contributed by atoms with van der Waals surface area (Å²) in [5.74, 6) is 0.938. The van der Waals surface area contributed by atoms with Gasteiger partial charge in [0.05, 0.1) is 46.2 Å². The summed E-state index contributed by atoms with van der Waals surface area (Å²) in [5, 5.41) is 0. The first-order valence-electron chi connectivity index (χ1n) is 9.49. The van der Waals surface area contributed by atoms with Gasteiger partial charge >= 0.3 is 0 Å². The molecule has 0 atom stereocenters. The van der Waals surface area contributed by atoms with E-state index in [-0.39, 0.29) is 18.3 Å². The van der Waals surface area contributed by atoms with Crippen molar-refractivity contribution in [2.75, 3.05) is 70.4 Å². The lowest BCUT2D eigenvalue weighted by molar-refractivity contribution is -0.127. The number of rotatable bonds is 18. The maximum Gasteiger partial charge on any atom is 0.160 e. The number of carbonyl (C=O) groups is 1. The average Bonchev–Trinajstić information content (AvgIpc) is 2.69. The molecule has 1 aromatic carbocycles. The number of hydrogen-bond acceptors (Lipinski definition) is 8. The zero-order valence-electron chi connectivity index (χ0n) is 17.1. The summed E-state index contributed by atoms with van der Waals surface area (Å²) >= 11 is 1.55. The molecule has 160 valence electrons. The van der Waals surface area contributed by atoms with Gasteiger partial charge in [-0.25, -0.2) is 0 Å². The summed E-state index contributed by atoms with van der Waals surface area (Å²) < 4.78 is 30.2. The van der Waals surface area contributed by atoms with E-state index in [1.165, 1.54) is 0 Å². The van der Waals surface area contributed by atoms with Crippen molar-refractivity contribution in [3.05, 3.63) is 24.3 Å². The standard InChI is InChI=1S/C20H33NO6S/c1-17(2)20(22)16-26-13-12-24-9-8-23-10-11-25-14-15-27-19-6-4-18(5-7-19)21-28-3/h4-7,17,21H,8-16H2,1-3H3. The highest BCUT2D eigenvalue weighted by Gasteiger charge is 2.06. The molecule has 0 saturated carbocycles. The van der Waals surface area contributed by atoms with Gasteiger partial charge in [-0.15, -0.1) is 0 Å². The molecular weight excluding hydrogens is 382 g/mol. The smallest absolute Gasteiger partial charge is 0.160 e. The molecule has 0 amide bonds. The Morgan fingerprint density at radius 1 is 0.857 bits per heavy atom. The van der Waals surface area contributed by atoms with E-state index in [0.29, 0.717) is 52.9 Å². The van der Waals surface area contributed by atoms with Crippen molar-refractivity contribution in [1.29, 1.82) is 0 Å². The first-order chi connectivity index (χ1) is 13.6. The fourth-order valence-corrected chi connectivity index (χ4v) is 2.33. The number of ether oxygens (including phenoxy) is 5. The number of benzene rings is 1. The van der Waals surface area contributed by atoms with Gasteiger partial charge in [0, 0.05) is 17.9 Å². The second-order valence-electron chi connectivity index (χ2n) is 6.19. The molecule has 7 nitrogen and oxygen atoms in total. The molecule has 0 aliphatic rings. The number of nitrogens with one attached hydrogen (secondary N) is 1. The Labute approximate surface area is 172 Å². The quantitative estimate of drug-likeness (QED) is 0.290. The van der Waals surface area contributed by atoms with Crippen LogP contribution in [-0.2, 0) is 23.7 Å². The van der Waals surface area contributed by atoms with E-state index in [9.17, 15) is 4.79 Å². The Morgan fingerprint density at radius 2 is 1.36 bits per heavy atom. The van der Waals surface area contributed by atoms with Crippen molar-refractivity contribution in [1.82, 2.24) is 0 Å². The molecule has 0 radical (unpaired) electrons. The highest BCUT2D eigenvalue weighted by molar-refractivity contribution is 7.99. The van der Waals surface area contributed by atoms with Crippen LogP contribution in [0.3, 0.4) is 0 Å². The Morgan fingerprint density at radius 3 is 1.86 bits per heavy atom. The maximum absolute atomic E-state index is 11.3. The second kappa shape index (κ2) is 16.6. The van der Waals surface area contributed by atoms with E-state index in [1.807, 2.05) is 44.4 Å². The molecule has 0 spiro atoms. The minimum absolute atomic E-state index is 0.0111. The van der Waals surface area contributed by atoms with Crippen LogP contribution in [0.15, 0.2) is 24.3 Å². The van der Waals surface area contributed by atoms with Gasteiger partial charge < -0.3 is 28.4 Å². The van der Waals surface area contributed by atoms with E-state index in [4.69, 9.17) is 23.7 Å². The van der Waals surface area contributed by atoms with Crippen molar-refractivity contribution in [2.24, 2.45) is 5.92 Å². The highest BCUT2D eigenvalue weighted by Crippen LogP contribution is 2.17. The van der Waals surface area contributed by atoms with E-state index in [2.05, 4.69) is 4.72 Å². The van der Waals surface area contributed by atoms with Gasteiger partial charge in [0.2, 0.25) is 0 Å². The molecule has 0 fully saturated rings. The normalized spacial score (nSPS) is 11.0. The molecule has 8 heteroatoms. The van der Waals surface area contributed by atoms with E-state index < -0.39 is 0 Å². The SMILES string of the molecule is CSNc1ccc(OCCOCCOCCOCCOCC(=O)C(C)C)cc1. The Kier molecular flexibility index (Phi) is 14.7. The topological polar surface area (TPSA) is 75.2 Å². The van der Waals surface area contributed by atoms with Crippen molar-refractivity contribution in [2.45, 2.75) is 13.8 Å². The lowest BCUT2D eigenvalue weighted by Gasteiger charge is -2.09. The third kappa shape index (κ3) is 13.0. The Balaban J connectivity index is 1.82. The van der Waals surface area contributed by atoms with Gasteiger partial charge in [-0.05, 0) is 24.3 Å². The monoisotopic (exact) mass is 415 g/mol. The van der Waals surface area contributed by atoms with Crippen LogP contribution in [-0.4, -0.2) is 71.5 Å². The molecule has 0 aliphatic carbocycles. The van der Waals surface area contributed by atoms with Crippen LogP contribution in [0.4, 0.5) is 5.69 Å². The number of anilines is 1. The summed E-state index contributed by atoms with van der Waals surface area (Å²) in [6.45, 7) is 7.77. The van der Waals surface area contributed by atoms with Crippen molar-refractivity contribution in [3.8, 4) is 5.75 Å². The Hall–Kier alpha value is -1.32. The molecule has 0 heterocycles. The molecule has 1 aromatic rings. The Bertz CT molecular complexity index is 512. The second-order valence-corrected chi connectivity index (χ2v) is 6.80. The third-order valence-electron chi connectivity index (χ3n) is 3.57. The zero-order valence-corrected chi connectivity index (χ0v) is 17.9. The molecule has 0 unspecified atom stereocenters.